The molecule has 90 valence electrons. The fourth-order valence-corrected chi connectivity index (χ4v) is 1.73. The number of rotatable bonds is 8. The molecule has 1 rings (SSSR count). The third kappa shape index (κ3) is 4.00. The van der Waals surface area contributed by atoms with Crippen molar-refractivity contribution < 1.29 is 4.79 Å². The fourth-order valence-electron chi connectivity index (χ4n) is 1.73. The number of nitrogens with two attached hydrogens (primary N) is 1. The number of nitrogens with zero attached hydrogens (tertiary/aromatic N) is 3. The summed E-state index contributed by atoms with van der Waals surface area (Å²) >= 11 is 0. The van der Waals surface area contributed by atoms with Crippen molar-refractivity contribution in [3.05, 3.63) is 12.4 Å². The highest BCUT2D eigenvalue weighted by atomic mass is 16.1. The highest BCUT2D eigenvalue weighted by Crippen LogP contribution is 2.15. The predicted molar refractivity (Wildman–Crippen MR) is 61.6 cm³/mol. The van der Waals surface area contributed by atoms with Crippen LogP contribution in [0.5, 0.6) is 0 Å². The van der Waals surface area contributed by atoms with Crippen molar-refractivity contribution in [2.45, 2.75) is 51.5 Å². The first-order chi connectivity index (χ1) is 7.75. The molecule has 1 heterocycles. The first kappa shape index (κ1) is 12.7. The Morgan fingerprint density at radius 2 is 2.12 bits per heavy atom. The van der Waals surface area contributed by atoms with Gasteiger partial charge < -0.3 is 5.73 Å². The molecule has 0 aliphatic carbocycles. The quantitative estimate of drug-likeness (QED) is 0.682. The standard InChI is InChI=1S/C11H20N4O/c1-2-3-4-5-6-7-10(11(12)16)15-9-8-13-14-15/h8-10H,2-7H2,1H3,(H2,12,16). The SMILES string of the molecule is CCCCCCCC(C(N)=O)n1ccnn1. The van der Waals surface area contributed by atoms with Gasteiger partial charge in [-0.1, -0.05) is 44.2 Å². The van der Waals surface area contributed by atoms with Crippen molar-refractivity contribution in [1.29, 1.82) is 0 Å². The number of unbranched alkanes of at least 4 members (excludes halogenated alkanes) is 4. The van der Waals surface area contributed by atoms with E-state index in [1.54, 1.807) is 17.1 Å². The normalized spacial score (nSPS) is 12.6. The Bertz CT molecular complexity index is 297. The molecule has 16 heavy (non-hydrogen) atoms. The van der Waals surface area contributed by atoms with Gasteiger partial charge >= 0.3 is 0 Å². The minimum Gasteiger partial charge on any atom is -0.368 e. The second-order valence-electron chi connectivity index (χ2n) is 4.00. The van der Waals surface area contributed by atoms with Crippen LogP contribution in [0.4, 0.5) is 0 Å². The maximum absolute atomic E-state index is 11.3. The average molecular weight is 224 g/mol. The Balaban J connectivity index is 2.33. The molecule has 0 saturated heterocycles. The zero-order valence-electron chi connectivity index (χ0n) is 9.80. The summed E-state index contributed by atoms with van der Waals surface area (Å²) in [6.07, 6.45) is 9.85. The van der Waals surface area contributed by atoms with Crippen molar-refractivity contribution in [3.63, 3.8) is 0 Å². The lowest BCUT2D eigenvalue weighted by molar-refractivity contribution is -0.121. The zero-order valence-corrected chi connectivity index (χ0v) is 9.80. The number of hydrogen-bond donors (Lipinski definition) is 1. The second-order valence-corrected chi connectivity index (χ2v) is 4.00. The summed E-state index contributed by atoms with van der Waals surface area (Å²) in [6.45, 7) is 2.18. The van der Waals surface area contributed by atoms with Crippen molar-refractivity contribution in [2.75, 3.05) is 0 Å². The highest BCUT2D eigenvalue weighted by molar-refractivity contribution is 5.78. The van der Waals surface area contributed by atoms with Gasteiger partial charge in [-0.25, -0.2) is 4.68 Å². The second kappa shape index (κ2) is 6.98. The number of amides is 1. The van der Waals surface area contributed by atoms with Crippen LogP contribution < -0.4 is 5.73 Å². The van der Waals surface area contributed by atoms with Gasteiger partial charge in [0.25, 0.3) is 0 Å². The molecule has 2 N–H and O–H groups in total. The Hall–Kier alpha value is -1.39. The minimum atomic E-state index is -0.343. The number of carbonyl (C=O) groups excluding carboxylic acids is 1. The van der Waals surface area contributed by atoms with Gasteiger partial charge in [-0.3, -0.25) is 4.79 Å². The van der Waals surface area contributed by atoms with Crippen LogP contribution in [0.3, 0.4) is 0 Å². The Labute approximate surface area is 96.0 Å². The summed E-state index contributed by atoms with van der Waals surface area (Å²) in [7, 11) is 0. The Kier molecular flexibility index (Phi) is 5.53. The molecule has 0 aliphatic rings. The van der Waals surface area contributed by atoms with E-state index in [1.807, 2.05) is 0 Å². The van der Waals surface area contributed by atoms with Crippen LogP contribution in [-0.4, -0.2) is 20.9 Å². The first-order valence-electron chi connectivity index (χ1n) is 5.90. The van der Waals surface area contributed by atoms with E-state index >= 15 is 0 Å². The molecule has 1 atom stereocenters. The molecule has 0 fully saturated rings. The molecular formula is C11H20N4O. The van der Waals surface area contributed by atoms with E-state index in [0.29, 0.717) is 0 Å². The topological polar surface area (TPSA) is 73.8 Å². The van der Waals surface area contributed by atoms with Gasteiger partial charge in [-0.15, -0.1) is 5.10 Å². The van der Waals surface area contributed by atoms with Crippen LogP contribution in [0.2, 0.25) is 0 Å². The van der Waals surface area contributed by atoms with E-state index in [0.717, 1.165) is 19.3 Å². The van der Waals surface area contributed by atoms with E-state index in [2.05, 4.69) is 17.2 Å². The third-order valence-electron chi connectivity index (χ3n) is 2.67. The van der Waals surface area contributed by atoms with Crippen molar-refractivity contribution in [2.24, 2.45) is 5.73 Å². The molecule has 0 radical (unpaired) electrons. The Morgan fingerprint density at radius 1 is 1.38 bits per heavy atom. The molecule has 0 spiro atoms. The summed E-state index contributed by atoms with van der Waals surface area (Å²) < 4.78 is 1.54. The van der Waals surface area contributed by atoms with Crippen LogP contribution in [-0.2, 0) is 4.79 Å². The molecular weight excluding hydrogens is 204 g/mol. The smallest absolute Gasteiger partial charge is 0.242 e. The van der Waals surface area contributed by atoms with Crippen molar-refractivity contribution in [3.8, 4) is 0 Å². The van der Waals surface area contributed by atoms with E-state index in [4.69, 9.17) is 5.73 Å². The minimum absolute atomic E-state index is 0.332. The maximum atomic E-state index is 11.3. The van der Waals surface area contributed by atoms with Crippen LogP contribution in [0.1, 0.15) is 51.5 Å². The lowest BCUT2D eigenvalue weighted by atomic mass is 10.1. The van der Waals surface area contributed by atoms with Gasteiger partial charge in [0.05, 0.1) is 6.20 Å². The Morgan fingerprint density at radius 3 is 2.69 bits per heavy atom. The zero-order chi connectivity index (χ0) is 11.8. The van der Waals surface area contributed by atoms with Gasteiger partial charge in [0, 0.05) is 6.20 Å². The summed E-state index contributed by atoms with van der Waals surface area (Å²) in [5.41, 5.74) is 5.34. The molecule has 5 nitrogen and oxygen atoms in total. The molecule has 1 unspecified atom stereocenters. The van der Waals surface area contributed by atoms with Crippen LogP contribution in [0.25, 0.3) is 0 Å². The van der Waals surface area contributed by atoms with Crippen molar-refractivity contribution >= 4 is 5.91 Å². The third-order valence-corrected chi connectivity index (χ3v) is 2.67. The molecule has 0 aliphatic heterocycles. The van der Waals surface area contributed by atoms with Gasteiger partial charge in [0.15, 0.2) is 0 Å². The van der Waals surface area contributed by atoms with Gasteiger partial charge in [0.2, 0.25) is 5.91 Å². The molecule has 5 heteroatoms. The summed E-state index contributed by atoms with van der Waals surface area (Å²) in [5, 5.41) is 7.51. The summed E-state index contributed by atoms with van der Waals surface area (Å²) in [6, 6.07) is -0.343. The van der Waals surface area contributed by atoms with E-state index in [9.17, 15) is 4.79 Å². The lowest BCUT2D eigenvalue weighted by Crippen LogP contribution is -2.27. The summed E-state index contributed by atoms with van der Waals surface area (Å²) in [5.74, 6) is -0.332. The van der Waals surface area contributed by atoms with Crippen molar-refractivity contribution in [1.82, 2.24) is 15.0 Å². The monoisotopic (exact) mass is 224 g/mol. The largest absolute Gasteiger partial charge is 0.368 e. The van der Waals surface area contributed by atoms with Gasteiger partial charge in [-0.05, 0) is 6.42 Å². The maximum Gasteiger partial charge on any atom is 0.242 e. The van der Waals surface area contributed by atoms with Gasteiger partial charge in [-0.2, -0.15) is 0 Å². The van der Waals surface area contributed by atoms with Crippen LogP contribution in [0, 0.1) is 0 Å². The summed E-state index contributed by atoms with van der Waals surface area (Å²) in [4.78, 5) is 11.3. The molecule has 1 amide bonds. The van der Waals surface area contributed by atoms with E-state index < -0.39 is 0 Å². The molecule has 0 aromatic carbocycles. The lowest BCUT2D eigenvalue weighted by Gasteiger charge is -2.12. The van der Waals surface area contributed by atoms with Gasteiger partial charge in [0.1, 0.15) is 6.04 Å². The highest BCUT2D eigenvalue weighted by Gasteiger charge is 2.17. The molecule has 1 aromatic heterocycles. The number of carbonyl (C=O) groups is 1. The molecule has 1 aromatic rings. The average Bonchev–Trinajstić information content (AvgIpc) is 2.76. The molecule has 0 bridgehead atoms. The molecule has 0 saturated carbocycles. The number of primary amides is 1. The number of hydrogen-bond acceptors (Lipinski definition) is 3. The fraction of sp³-hybridized carbons (Fsp3) is 0.727. The van der Waals surface area contributed by atoms with Crippen LogP contribution in [0.15, 0.2) is 12.4 Å². The van der Waals surface area contributed by atoms with Crippen LogP contribution >= 0.6 is 0 Å². The predicted octanol–water partition coefficient (Wildman–Crippen LogP) is 1.67. The number of aromatic nitrogens is 3. The van der Waals surface area contributed by atoms with E-state index in [1.165, 1.54) is 19.3 Å². The van der Waals surface area contributed by atoms with E-state index in [-0.39, 0.29) is 11.9 Å². The first-order valence-corrected chi connectivity index (χ1v) is 5.90.